The van der Waals surface area contributed by atoms with E-state index in [4.69, 9.17) is 4.74 Å². The summed E-state index contributed by atoms with van der Waals surface area (Å²) in [6.07, 6.45) is 4.88. The summed E-state index contributed by atoms with van der Waals surface area (Å²) in [5, 5.41) is 0. The van der Waals surface area contributed by atoms with Crippen LogP contribution in [0.3, 0.4) is 0 Å². The van der Waals surface area contributed by atoms with Gasteiger partial charge in [-0.15, -0.1) is 0 Å². The number of hydrogen-bond donors (Lipinski definition) is 0. The number of aromatic nitrogens is 2. The van der Waals surface area contributed by atoms with Crippen LogP contribution in [0.2, 0.25) is 0 Å². The smallest absolute Gasteiger partial charge is 0.109 e. The van der Waals surface area contributed by atoms with Crippen molar-refractivity contribution in [3.05, 3.63) is 18.2 Å². The second-order valence-electron chi connectivity index (χ2n) is 5.46. The maximum atomic E-state index is 5.40. The van der Waals surface area contributed by atoms with Gasteiger partial charge < -0.3 is 14.2 Å². The zero-order valence-electron chi connectivity index (χ0n) is 12.4. The SMILES string of the molecule is CC(CN(C)CCc1nccn1C)N1CCOCC1. The third-order valence-corrected chi connectivity index (χ3v) is 3.88. The van der Waals surface area contributed by atoms with E-state index in [1.54, 1.807) is 0 Å². The molecule has 1 atom stereocenters. The lowest BCUT2D eigenvalue weighted by molar-refractivity contribution is 0.0142. The third kappa shape index (κ3) is 4.30. The van der Waals surface area contributed by atoms with Crippen molar-refractivity contribution in [1.29, 1.82) is 0 Å². The van der Waals surface area contributed by atoms with Gasteiger partial charge in [-0.1, -0.05) is 0 Å². The third-order valence-electron chi connectivity index (χ3n) is 3.88. The lowest BCUT2D eigenvalue weighted by atomic mass is 10.2. The fraction of sp³-hybridized carbons (Fsp3) is 0.786. The van der Waals surface area contributed by atoms with Crippen LogP contribution >= 0.6 is 0 Å². The predicted octanol–water partition coefficient (Wildman–Crippen LogP) is 0.615. The van der Waals surface area contributed by atoms with Crippen LogP contribution in [0, 0.1) is 0 Å². The number of nitrogens with zero attached hydrogens (tertiary/aromatic N) is 4. The highest BCUT2D eigenvalue weighted by molar-refractivity contribution is 4.91. The molecule has 1 aromatic heterocycles. The lowest BCUT2D eigenvalue weighted by Gasteiger charge is -2.34. The molecule has 1 saturated heterocycles. The summed E-state index contributed by atoms with van der Waals surface area (Å²) >= 11 is 0. The summed E-state index contributed by atoms with van der Waals surface area (Å²) < 4.78 is 7.49. The van der Waals surface area contributed by atoms with Crippen LogP contribution in [0.5, 0.6) is 0 Å². The summed E-state index contributed by atoms with van der Waals surface area (Å²) in [5.74, 6) is 1.16. The second kappa shape index (κ2) is 7.03. The van der Waals surface area contributed by atoms with Gasteiger partial charge in [0.2, 0.25) is 0 Å². The summed E-state index contributed by atoms with van der Waals surface area (Å²) in [6, 6.07) is 0.593. The van der Waals surface area contributed by atoms with Crippen LogP contribution in [0.1, 0.15) is 12.7 Å². The Hall–Kier alpha value is -0.910. The van der Waals surface area contributed by atoms with E-state index in [0.717, 1.165) is 51.6 Å². The second-order valence-corrected chi connectivity index (χ2v) is 5.46. The Morgan fingerprint density at radius 3 is 2.79 bits per heavy atom. The van der Waals surface area contributed by atoms with Gasteiger partial charge in [-0.3, -0.25) is 4.90 Å². The normalized spacial score (nSPS) is 18.9. The monoisotopic (exact) mass is 266 g/mol. The van der Waals surface area contributed by atoms with Crippen molar-refractivity contribution in [2.24, 2.45) is 7.05 Å². The molecular formula is C14H26N4O. The van der Waals surface area contributed by atoms with Crippen LogP contribution in [0.25, 0.3) is 0 Å². The number of hydrogen-bond acceptors (Lipinski definition) is 4. The van der Waals surface area contributed by atoms with Crippen LogP contribution < -0.4 is 0 Å². The van der Waals surface area contributed by atoms with Crippen molar-refractivity contribution in [3.63, 3.8) is 0 Å². The van der Waals surface area contributed by atoms with Gasteiger partial charge in [0.05, 0.1) is 13.2 Å². The van der Waals surface area contributed by atoms with Crippen LogP contribution in [-0.4, -0.2) is 71.8 Å². The molecule has 0 aliphatic carbocycles. The molecule has 1 unspecified atom stereocenters. The van der Waals surface area contributed by atoms with Gasteiger partial charge in [0.25, 0.3) is 0 Å². The number of rotatable bonds is 6. The van der Waals surface area contributed by atoms with E-state index in [1.165, 1.54) is 0 Å². The highest BCUT2D eigenvalue weighted by Crippen LogP contribution is 2.05. The summed E-state index contributed by atoms with van der Waals surface area (Å²) in [5.41, 5.74) is 0. The molecule has 0 amide bonds. The molecule has 5 nitrogen and oxygen atoms in total. The molecule has 0 aromatic carbocycles. The van der Waals surface area contributed by atoms with E-state index in [2.05, 4.69) is 40.4 Å². The molecule has 1 aromatic rings. The molecule has 2 rings (SSSR count). The first kappa shape index (κ1) is 14.5. The molecule has 1 aliphatic rings. The first-order valence-corrected chi connectivity index (χ1v) is 7.13. The van der Waals surface area contributed by atoms with Crippen LogP contribution in [0.4, 0.5) is 0 Å². The molecular weight excluding hydrogens is 240 g/mol. The number of imidazole rings is 1. The van der Waals surface area contributed by atoms with Crippen molar-refractivity contribution in [3.8, 4) is 0 Å². The maximum absolute atomic E-state index is 5.40. The minimum atomic E-state index is 0.593. The summed E-state index contributed by atoms with van der Waals surface area (Å²) in [6.45, 7) is 8.35. The van der Waals surface area contributed by atoms with Crippen LogP contribution in [0.15, 0.2) is 12.4 Å². The summed E-state index contributed by atoms with van der Waals surface area (Å²) in [7, 11) is 4.25. The first-order chi connectivity index (χ1) is 9.16. The molecule has 0 N–H and O–H groups in total. The number of aryl methyl sites for hydroxylation is 1. The summed E-state index contributed by atoms with van der Waals surface area (Å²) in [4.78, 5) is 9.28. The minimum absolute atomic E-state index is 0.593. The van der Waals surface area contributed by atoms with Crippen molar-refractivity contribution >= 4 is 0 Å². The van der Waals surface area contributed by atoms with Gasteiger partial charge in [-0.25, -0.2) is 4.98 Å². The van der Waals surface area contributed by atoms with E-state index in [-0.39, 0.29) is 0 Å². The van der Waals surface area contributed by atoms with Crippen molar-refractivity contribution in [1.82, 2.24) is 19.4 Å². The first-order valence-electron chi connectivity index (χ1n) is 7.13. The Balaban J connectivity index is 1.71. The molecule has 2 heterocycles. The molecule has 0 saturated carbocycles. The highest BCUT2D eigenvalue weighted by Gasteiger charge is 2.18. The zero-order valence-corrected chi connectivity index (χ0v) is 12.4. The van der Waals surface area contributed by atoms with Crippen molar-refractivity contribution in [2.75, 3.05) is 46.4 Å². The quantitative estimate of drug-likeness (QED) is 0.756. The average Bonchev–Trinajstić information content (AvgIpc) is 2.83. The average molecular weight is 266 g/mol. The Labute approximate surface area is 116 Å². The fourth-order valence-electron chi connectivity index (χ4n) is 2.60. The van der Waals surface area contributed by atoms with Crippen LogP contribution in [-0.2, 0) is 18.2 Å². The highest BCUT2D eigenvalue weighted by atomic mass is 16.5. The number of morpholine rings is 1. The molecule has 0 radical (unpaired) electrons. The molecule has 1 fully saturated rings. The molecule has 0 bridgehead atoms. The largest absolute Gasteiger partial charge is 0.379 e. The van der Waals surface area contributed by atoms with E-state index < -0.39 is 0 Å². The standard InChI is InChI=1S/C14H26N4O/c1-13(18-8-10-19-11-9-18)12-16(2)6-4-14-15-5-7-17(14)3/h5,7,13H,4,6,8-12H2,1-3H3. The Bertz CT molecular complexity index is 373. The van der Waals surface area contributed by atoms with Gasteiger partial charge in [0.1, 0.15) is 5.82 Å². The lowest BCUT2D eigenvalue weighted by Crippen LogP contribution is -2.47. The maximum Gasteiger partial charge on any atom is 0.109 e. The molecule has 5 heteroatoms. The van der Waals surface area contributed by atoms with E-state index in [0.29, 0.717) is 6.04 Å². The molecule has 108 valence electrons. The number of ether oxygens (including phenoxy) is 1. The van der Waals surface area contributed by atoms with Gasteiger partial charge in [0, 0.05) is 58.1 Å². The molecule has 19 heavy (non-hydrogen) atoms. The fourth-order valence-corrected chi connectivity index (χ4v) is 2.60. The Kier molecular flexibility index (Phi) is 5.36. The van der Waals surface area contributed by atoms with Crippen molar-refractivity contribution < 1.29 is 4.74 Å². The zero-order chi connectivity index (χ0) is 13.7. The van der Waals surface area contributed by atoms with Gasteiger partial charge in [-0.2, -0.15) is 0 Å². The predicted molar refractivity (Wildman–Crippen MR) is 76.3 cm³/mol. The van der Waals surface area contributed by atoms with Crippen molar-refractivity contribution in [2.45, 2.75) is 19.4 Å². The number of likely N-dealkylation sites (N-methyl/N-ethyl adjacent to an activating group) is 1. The minimum Gasteiger partial charge on any atom is -0.379 e. The Morgan fingerprint density at radius 2 is 2.16 bits per heavy atom. The van der Waals surface area contributed by atoms with E-state index in [1.807, 2.05) is 12.4 Å². The van der Waals surface area contributed by atoms with Gasteiger partial charge in [0.15, 0.2) is 0 Å². The Morgan fingerprint density at radius 1 is 1.42 bits per heavy atom. The van der Waals surface area contributed by atoms with E-state index >= 15 is 0 Å². The van der Waals surface area contributed by atoms with Gasteiger partial charge in [-0.05, 0) is 14.0 Å². The molecule has 1 aliphatic heterocycles. The van der Waals surface area contributed by atoms with E-state index in [9.17, 15) is 0 Å². The molecule has 0 spiro atoms. The topological polar surface area (TPSA) is 33.5 Å². The van der Waals surface area contributed by atoms with Gasteiger partial charge >= 0.3 is 0 Å².